The van der Waals surface area contributed by atoms with Crippen molar-refractivity contribution in [2.45, 2.75) is 75.8 Å². The average Bonchev–Trinajstić information content (AvgIpc) is 2.82. The highest BCUT2D eigenvalue weighted by atomic mass is 16.5. The summed E-state index contributed by atoms with van der Waals surface area (Å²) >= 11 is 0. The number of benzene rings is 3. The second kappa shape index (κ2) is 7.80. The van der Waals surface area contributed by atoms with Gasteiger partial charge in [0.05, 0.1) is 0 Å². The highest BCUT2D eigenvalue weighted by Crippen LogP contribution is 2.47. The van der Waals surface area contributed by atoms with Gasteiger partial charge < -0.3 is 4.74 Å². The van der Waals surface area contributed by atoms with Crippen LogP contribution in [-0.2, 0) is 0 Å². The third-order valence-corrected chi connectivity index (χ3v) is 8.11. The van der Waals surface area contributed by atoms with Gasteiger partial charge in [-0.2, -0.15) is 0 Å². The summed E-state index contributed by atoms with van der Waals surface area (Å²) in [4.78, 5) is 0. The van der Waals surface area contributed by atoms with E-state index in [2.05, 4.69) is 54.6 Å². The van der Waals surface area contributed by atoms with Gasteiger partial charge >= 0.3 is 0 Å². The molecule has 3 aromatic carbocycles. The molecule has 1 nitrogen and oxygen atoms in total. The summed E-state index contributed by atoms with van der Waals surface area (Å²) in [6.45, 7) is 0.715. The molecule has 152 valence electrons. The maximum Gasteiger partial charge on any atom is 0.183 e. The van der Waals surface area contributed by atoms with Crippen LogP contribution in [0.25, 0.3) is 21.9 Å². The van der Waals surface area contributed by atoms with Crippen LogP contribution < -0.4 is 10.2 Å². The fourth-order valence-corrected chi connectivity index (χ4v) is 6.77. The van der Waals surface area contributed by atoms with Crippen LogP contribution in [-0.4, -0.2) is 6.71 Å². The van der Waals surface area contributed by atoms with Crippen molar-refractivity contribution in [3.8, 4) is 22.6 Å². The molecule has 0 spiro atoms. The molecule has 0 amide bonds. The van der Waals surface area contributed by atoms with E-state index in [0.717, 1.165) is 23.1 Å². The van der Waals surface area contributed by atoms with Crippen LogP contribution in [0.1, 0.15) is 64.2 Å². The Labute approximate surface area is 180 Å². The predicted molar refractivity (Wildman–Crippen MR) is 129 cm³/mol. The lowest BCUT2D eigenvalue weighted by molar-refractivity contribution is 0.465. The van der Waals surface area contributed by atoms with Crippen molar-refractivity contribution in [1.82, 2.24) is 0 Å². The Morgan fingerprint density at radius 2 is 1.27 bits per heavy atom. The molecule has 3 aliphatic rings. The molecule has 0 saturated heterocycles. The number of hydrogen-bond donors (Lipinski definition) is 0. The van der Waals surface area contributed by atoms with E-state index in [4.69, 9.17) is 4.74 Å². The van der Waals surface area contributed by atoms with Crippen molar-refractivity contribution in [2.24, 2.45) is 0 Å². The first kappa shape index (κ1) is 18.5. The minimum absolute atomic E-state index is 0.715. The van der Waals surface area contributed by atoms with E-state index >= 15 is 0 Å². The highest BCUT2D eigenvalue weighted by Gasteiger charge is 2.37. The fraction of sp³-hybridized carbons (Fsp3) is 0.429. The van der Waals surface area contributed by atoms with Gasteiger partial charge in [0.25, 0.3) is 0 Å². The van der Waals surface area contributed by atoms with Gasteiger partial charge in [0.15, 0.2) is 6.71 Å². The molecule has 0 unspecified atom stereocenters. The van der Waals surface area contributed by atoms with Crippen molar-refractivity contribution in [3.05, 3.63) is 54.6 Å². The minimum atomic E-state index is 0.715. The van der Waals surface area contributed by atoms with E-state index in [9.17, 15) is 0 Å². The van der Waals surface area contributed by atoms with Crippen LogP contribution in [0, 0.1) is 0 Å². The van der Waals surface area contributed by atoms with E-state index < -0.39 is 0 Å². The van der Waals surface area contributed by atoms with Crippen molar-refractivity contribution >= 4 is 22.9 Å². The summed E-state index contributed by atoms with van der Waals surface area (Å²) in [5, 5.41) is 2.78. The van der Waals surface area contributed by atoms with Crippen molar-refractivity contribution in [2.75, 3.05) is 0 Å². The molecule has 1 aliphatic heterocycles. The largest absolute Gasteiger partial charge is 0.456 e. The topological polar surface area (TPSA) is 9.23 Å². The van der Waals surface area contributed by atoms with Gasteiger partial charge in [0.1, 0.15) is 11.5 Å². The van der Waals surface area contributed by atoms with E-state index in [-0.39, 0.29) is 0 Å². The van der Waals surface area contributed by atoms with Crippen LogP contribution in [0.2, 0.25) is 11.6 Å². The Bertz CT molecular complexity index is 1040. The summed E-state index contributed by atoms with van der Waals surface area (Å²) < 4.78 is 6.38. The van der Waals surface area contributed by atoms with Gasteiger partial charge in [-0.25, -0.2) is 0 Å². The molecule has 2 heteroatoms. The summed E-state index contributed by atoms with van der Waals surface area (Å²) in [6, 6.07) is 20.1. The molecule has 2 saturated carbocycles. The van der Waals surface area contributed by atoms with Gasteiger partial charge in [-0.15, -0.1) is 0 Å². The van der Waals surface area contributed by atoms with Crippen molar-refractivity contribution in [3.63, 3.8) is 0 Å². The first-order valence-electron chi connectivity index (χ1n) is 12.2. The number of rotatable bonds is 3. The Morgan fingerprint density at radius 1 is 0.600 bits per heavy atom. The lowest BCUT2D eigenvalue weighted by atomic mass is 9.27. The van der Waals surface area contributed by atoms with Gasteiger partial charge in [-0.3, -0.25) is 0 Å². The molecule has 0 N–H and O–H groups in total. The van der Waals surface area contributed by atoms with E-state index in [0.29, 0.717) is 6.71 Å². The molecular formula is C28H31BO. The number of hydrogen-bond acceptors (Lipinski definition) is 1. The molecule has 30 heavy (non-hydrogen) atoms. The normalized spacial score (nSPS) is 19.3. The third kappa shape index (κ3) is 3.07. The second-order valence-electron chi connectivity index (χ2n) is 9.80. The highest BCUT2D eigenvalue weighted by molar-refractivity contribution is 6.78. The molecule has 2 aliphatic carbocycles. The van der Waals surface area contributed by atoms with Gasteiger partial charge in [-0.05, 0) is 23.1 Å². The first-order valence-corrected chi connectivity index (χ1v) is 12.2. The Hall–Kier alpha value is -2.22. The van der Waals surface area contributed by atoms with Crippen LogP contribution in [0.15, 0.2) is 54.6 Å². The summed E-state index contributed by atoms with van der Waals surface area (Å²) in [6.07, 6.45) is 14.2. The fourth-order valence-electron chi connectivity index (χ4n) is 6.77. The van der Waals surface area contributed by atoms with Crippen LogP contribution in [0.3, 0.4) is 0 Å². The maximum atomic E-state index is 6.38. The van der Waals surface area contributed by atoms with E-state index in [1.807, 2.05) is 0 Å². The number of fused-ring (bicyclic) bond motifs is 2. The predicted octanol–water partition coefficient (Wildman–Crippen LogP) is 7.98. The zero-order chi connectivity index (χ0) is 19.9. The molecule has 0 bridgehead atoms. The second-order valence-corrected chi connectivity index (χ2v) is 9.80. The first-order chi connectivity index (χ1) is 14.9. The molecule has 3 aromatic rings. The zero-order valence-electron chi connectivity index (χ0n) is 17.9. The Kier molecular flexibility index (Phi) is 4.82. The molecule has 0 aromatic heterocycles. The molecular weight excluding hydrogens is 363 g/mol. The molecule has 2 fully saturated rings. The van der Waals surface area contributed by atoms with Crippen LogP contribution >= 0.6 is 0 Å². The summed E-state index contributed by atoms with van der Waals surface area (Å²) in [5.41, 5.74) is 4.19. The van der Waals surface area contributed by atoms with E-state index in [1.54, 1.807) is 5.46 Å². The average molecular weight is 394 g/mol. The third-order valence-electron chi connectivity index (χ3n) is 8.11. The smallest absolute Gasteiger partial charge is 0.183 e. The molecule has 0 radical (unpaired) electrons. The molecule has 1 heterocycles. The minimum Gasteiger partial charge on any atom is -0.456 e. The SMILES string of the molecule is c1ccc2c(c1)Oc1cccc3c(B(C4CCCCC4)C4CCCCC4)ccc-2c13. The molecule has 0 atom stereocenters. The van der Waals surface area contributed by atoms with Gasteiger partial charge in [-0.1, -0.05) is 124 Å². The Morgan fingerprint density at radius 3 is 2.00 bits per heavy atom. The van der Waals surface area contributed by atoms with Crippen molar-refractivity contribution in [1.29, 1.82) is 0 Å². The zero-order valence-corrected chi connectivity index (χ0v) is 17.9. The van der Waals surface area contributed by atoms with Gasteiger partial charge in [0, 0.05) is 10.9 Å². The lowest BCUT2D eigenvalue weighted by Gasteiger charge is -2.37. The van der Waals surface area contributed by atoms with Gasteiger partial charge in [0.2, 0.25) is 0 Å². The molecule has 6 rings (SSSR count). The van der Waals surface area contributed by atoms with Crippen LogP contribution in [0.4, 0.5) is 0 Å². The summed E-state index contributed by atoms with van der Waals surface area (Å²) in [5.74, 6) is 3.74. The summed E-state index contributed by atoms with van der Waals surface area (Å²) in [7, 11) is 0. The quantitative estimate of drug-likeness (QED) is 0.320. The number of para-hydroxylation sites is 1. The van der Waals surface area contributed by atoms with E-state index in [1.165, 1.54) is 86.1 Å². The monoisotopic (exact) mass is 394 g/mol. The standard InChI is InChI=1S/C28H31BO/c1-3-10-20(11-4-1)29(21-12-5-2-6-13-21)25-19-18-23-22-14-7-8-16-26(22)30-27-17-9-15-24(25)28(23)27/h7-9,14-21H,1-6,10-13H2. The number of ether oxygens (including phenoxy) is 1. The maximum absolute atomic E-state index is 6.38. The Balaban J connectivity index is 1.53. The van der Waals surface area contributed by atoms with Crippen molar-refractivity contribution < 1.29 is 4.74 Å². The lowest BCUT2D eigenvalue weighted by Crippen LogP contribution is -2.41. The van der Waals surface area contributed by atoms with Crippen LogP contribution in [0.5, 0.6) is 11.5 Å².